The fraction of sp³-hybridized carbons (Fsp3) is 0.455. The summed E-state index contributed by atoms with van der Waals surface area (Å²) in [6.07, 6.45) is 2.56. The van der Waals surface area contributed by atoms with E-state index in [-0.39, 0.29) is 10.6 Å². The Bertz CT molecular complexity index is 386. The van der Waals surface area contributed by atoms with Crippen LogP contribution in [0.15, 0.2) is 18.2 Å². The van der Waals surface area contributed by atoms with Crippen molar-refractivity contribution in [3.8, 4) is 0 Å². The Labute approximate surface area is 88.5 Å². The number of nitrogens with one attached hydrogen (secondary N) is 1. The lowest BCUT2D eigenvalue weighted by Crippen LogP contribution is -2.05. The van der Waals surface area contributed by atoms with Gasteiger partial charge in [0.1, 0.15) is 0 Å². The van der Waals surface area contributed by atoms with Gasteiger partial charge < -0.3 is 5.32 Å². The molecule has 0 unspecified atom stereocenters. The molecule has 2 rings (SSSR count). The van der Waals surface area contributed by atoms with Crippen molar-refractivity contribution in [3.63, 3.8) is 0 Å². The van der Waals surface area contributed by atoms with E-state index in [1.165, 1.54) is 18.9 Å². The van der Waals surface area contributed by atoms with Gasteiger partial charge in [-0.05, 0) is 31.2 Å². The molecular formula is C11H14N2O2. The number of hydrogen-bond donors (Lipinski definition) is 1. The van der Waals surface area contributed by atoms with Crippen LogP contribution in [0.5, 0.6) is 0 Å². The first-order valence-corrected chi connectivity index (χ1v) is 5.16. The van der Waals surface area contributed by atoms with Crippen molar-refractivity contribution in [2.24, 2.45) is 5.92 Å². The van der Waals surface area contributed by atoms with Crippen LogP contribution in [-0.4, -0.2) is 11.5 Å². The van der Waals surface area contributed by atoms with Gasteiger partial charge in [-0.2, -0.15) is 0 Å². The Morgan fingerprint density at radius 3 is 2.87 bits per heavy atom. The Hall–Kier alpha value is -1.58. The van der Waals surface area contributed by atoms with E-state index in [1.807, 2.05) is 6.92 Å². The summed E-state index contributed by atoms with van der Waals surface area (Å²) in [5.41, 5.74) is 2.09. The summed E-state index contributed by atoms with van der Waals surface area (Å²) in [4.78, 5) is 10.2. The van der Waals surface area contributed by atoms with Gasteiger partial charge in [0.2, 0.25) is 0 Å². The Balaban J connectivity index is 2.12. The van der Waals surface area contributed by atoms with Crippen LogP contribution in [0.2, 0.25) is 0 Å². The molecule has 0 atom stereocenters. The van der Waals surface area contributed by atoms with Crippen LogP contribution in [0.4, 0.5) is 11.4 Å². The normalized spacial score (nSPS) is 15.0. The topological polar surface area (TPSA) is 55.2 Å². The first-order chi connectivity index (χ1) is 7.16. The number of rotatable bonds is 4. The summed E-state index contributed by atoms with van der Waals surface area (Å²) in [7, 11) is 0. The highest BCUT2D eigenvalue weighted by Gasteiger charge is 2.21. The predicted molar refractivity (Wildman–Crippen MR) is 59.0 cm³/mol. The maximum Gasteiger partial charge on any atom is 0.271 e. The van der Waals surface area contributed by atoms with Crippen molar-refractivity contribution >= 4 is 11.4 Å². The zero-order valence-electron chi connectivity index (χ0n) is 8.69. The fourth-order valence-electron chi connectivity index (χ4n) is 1.49. The molecule has 1 aliphatic carbocycles. The summed E-state index contributed by atoms with van der Waals surface area (Å²) in [5, 5.41) is 13.9. The number of non-ortho nitro benzene ring substituents is 1. The van der Waals surface area contributed by atoms with Gasteiger partial charge in [-0.3, -0.25) is 10.1 Å². The Morgan fingerprint density at radius 2 is 2.27 bits per heavy atom. The third-order valence-corrected chi connectivity index (χ3v) is 2.71. The molecule has 0 heterocycles. The number of aryl methyl sites for hydroxylation is 1. The fourth-order valence-corrected chi connectivity index (χ4v) is 1.49. The smallest absolute Gasteiger partial charge is 0.271 e. The van der Waals surface area contributed by atoms with Crippen LogP contribution in [-0.2, 0) is 0 Å². The lowest BCUT2D eigenvalue weighted by atomic mass is 10.2. The van der Waals surface area contributed by atoms with Crippen LogP contribution in [0.3, 0.4) is 0 Å². The van der Waals surface area contributed by atoms with Gasteiger partial charge in [0.05, 0.1) is 4.92 Å². The van der Waals surface area contributed by atoms with Gasteiger partial charge in [0, 0.05) is 24.4 Å². The lowest BCUT2D eigenvalue weighted by molar-refractivity contribution is -0.384. The SMILES string of the molecule is Cc1ccc([N+](=O)[O-])cc1NCC1CC1. The number of nitro benzene ring substituents is 1. The molecule has 1 N–H and O–H groups in total. The Morgan fingerprint density at radius 1 is 1.53 bits per heavy atom. The lowest BCUT2D eigenvalue weighted by Gasteiger charge is -2.08. The largest absolute Gasteiger partial charge is 0.384 e. The van der Waals surface area contributed by atoms with Crippen molar-refractivity contribution in [1.29, 1.82) is 0 Å². The number of anilines is 1. The summed E-state index contributed by atoms with van der Waals surface area (Å²) in [5.74, 6) is 0.767. The number of nitro groups is 1. The van der Waals surface area contributed by atoms with Crippen molar-refractivity contribution in [2.45, 2.75) is 19.8 Å². The summed E-state index contributed by atoms with van der Waals surface area (Å²) < 4.78 is 0. The van der Waals surface area contributed by atoms with E-state index >= 15 is 0 Å². The average molecular weight is 206 g/mol. The molecule has 15 heavy (non-hydrogen) atoms. The van der Waals surface area contributed by atoms with Crippen LogP contribution in [0.25, 0.3) is 0 Å². The highest BCUT2D eigenvalue weighted by molar-refractivity contribution is 5.56. The minimum atomic E-state index is -0.359. The monoisotopic (exact) mass is 206 g/mol. The quantitative estimate of drug-likeness (QED) is 0.608. The number of benzene rings is 1. The average Bonchev–Trinajstić information content (AvgIpc) is 3.00. The molecule has 1 saturated carbocycles. The van der Waals surface area contributed by atoms with Gasteiger partial charge in [-0.15, -0.1) is 0 Å². The van der Waals surface area contributed by atoms with Crippen LogP contribution >= 0.6 is 0 Å². The number of hydrogen-bond acceptors (Lipinski definition) is 3. The third-order valence-electron chi connectivity index (χ3n) is 2.71. The van der Waals surface area contributed by atoms with Crippen molar-refractivity contribution in [3.05, 3.63) is 33.9 Å². The highest BCUT2D eigenvalue weighted by atomic mass is 16.6. The highest BCUT2D eigenvalue weighted by Crippen LogP contribution is 2.30. The first kappa shape index (κ1) is 9.96. The molecule has 1 aromatic rings. The summed E-state index contributed by atoms with van der Waals surface area (Å²) >= 11 is 0. The van der Waals surface area contributed by atoms with E-state index in [0.717, 1.165) is 23.7 Å². The number of nitrogens with zero attached hydrogens (tertiary/aromatic N) is 1. The van der Waals surface area contributed by atoms with Gasteiger partial charge in [-0.1, -0.05) is 6.07 Å². The Kier molecular flexibility index (Phi) is 2.58. The predicted octanol–water partition coefficient (Wildman–Crippen LogP) is 2.73. The molecule has 4 heteroatoms. The molecule has 0 saturated heterocycles. The maximum atomic E-state index is 10.6. The zero-order chi connectivity index (χ0) is 10.8. The molecule has 0 amide bonds. The van der Waals surface area contributed by atoms with Crippen molar-refractivity contribution < 1.29 is 4.92 Å². The second kappa shape index (κ2) is 3.88. The van der Waals surface area contributed by atoms with Gasteiger partial charge >= 0.3 is 0 Å². The molecule has 0 aliphatic heterocycles. The minimum Gasteiger partial charge on any atom is -0.384 e. The molecule has 0 bridgehead atoms. The minimum absolute atomic E-state index is 0.152. The van der Waals surface area contributed by atoms with E-state index < -0.39 is 0 Å². The molecule has 80 valence electrons. The van der Waals surface area contributed by atoms with Crippen LogP contribution in [0.1, 0.15) is 18.4 Å². The summed E-state index contributed by atoms with van der Waals surface area (Å²) in [6, 6.07) is 4.93. The standard InChI is InChI=1S/C11H14N2O2/c1-8-2-5-10(13(14)15)6-11(8)12-7-9-3-4-9/h2,5-6,9,12H,3-4,7H2,1H3. The molecule has 0 radical (unpaired) electrons. The van der Waals surface area contributed by atoms with Crippen LogP contribution in [0, 0.1) is 23.0 Å². The van der Waals surface area contributed by atoms with E-state index in [2.05, 4.69) is 5.32 Å². The molecular weight excluding hydrogens is 192 g/mol. The summed E-state index contributed by atoms with van der Waals surface area (Å²) in [6.45, 7) is 2.89. The van der Waals surface area contributed by atoms with Gasteiger partial charge in [0.25, 0.3) is 5.69 Å². The second-order valence-electron chi connectivity index (χ2n) is 4.08. The van der Waals surface area contributed by atoms with E-state index in [1.54, 1.807) is 12.1 Å². The molecule has 0 aromatic heterocycles. The van der Waals surface area contributed by atoms with E-state index in [4.69, 9.17) is 0 Å². The molecule has 1 fully saturated rings. The zero-order valence-corrected chi connectivity index (χ0v) is 8.69. The molecule has 0 spiro atoms. The maximum absolute atomic E-state index is 10.6. The molecule has 1 aliphatic rings. The van der Waals surface area contributed by atoms with Crippen molar-refractivity contribution in [1.82, 2.24) is 0 Å². The van der Waals surface area contributed by atoms with Crippen LogP contribution < -0.4 is 5.32 Å². The van der Waals surface area contributed by atoms with Crippen molar-refractivity contribution in [2.75, 3.05) is 11.9 Å². The van der Waals surface area contributed by atoms with E-state index in [0.29, 0.717) is 0 Å². The third kappa shape index (κ3) is 2.46. The second-order valence-corrected chi connectivity index (χ2v) is 4.08. The molecule has 4 nitrogen and oxygen atoms in total. The molecule has 1 aromatic carbocycles. The van der Waals surface area contributed by atoms with Gasteiger partial charge in [0.15, 0.2) is 0 Å². The van der Waals surface area contributed by atoms with E-state index in [9.17, 15) is 10.1 Å². The first-order valence-electron chi connectivity index (χ1n) is 5.16. The van der Waals surface area contributed by atoms with Gasteiger partial charge in [-0.25, -0.2) is 0 Å².